The maximum absolute atomic E-state index is 10.9. The summed E-state index contributed by atoms with van der Waals surface area (Å²) in [4.78, 5) is 32.2. The van der Waals surface area contributed by atoms with Crippen LogP contribution in [0.25, 0.3) is 0 Å². The van der Waals surface area contributed by atoms with E-state index in [2.05, 4.69) is 10.1 Å². The Kier molecular flexibility index (Phi) is 2.63. The van der Waals surface area contributed by atoms with E-state index < -0.39 is 17.9 Å². The SMILES string of the molecule is CCOC(=O)/C=C1\NC(=O)NC1=O. The van der Waals surface area contributed by atoms with E-state index in [1.807, 2.05) is 5.32 Å². The van der Waals surface area contributed by atoms with E-state index in [1.165, 1.54) is 0 Å². The fraction of sp³-hybridized carbons (Fsp3) is 0.286. The van der Waals surface area contributed by atoms with Crippen molar-refractivity contribution in [2.24, 2.45) is 0 Å². The first-order valence-corrected chi connectivity index (χ1v) is 3.64. The fourth-order valence-electron chi connectivity index (χ4n) is 0.784. The second kappa shape index (κ2) is 3.70. The molecular weight excluding hydrogens is 176 g/mol. The highest BCUT2D eigenvalue weighted by atomic mass is 16.5. The van der Waals surface area contributed by atoms with Crippen LogP contribution in [0.4, 0.5) is 4.79 Å². The minimum atomic E-state index is -0.658. The number of hydrogen-bond acceptors (Lipinski definition) is 4. The summed E-state index contributed by atoms with van der Waals surface area (Å²) in [5, 5.41) is 4.10. The molecule has 1 rings (SSSR count). The van der Waals surface area contributed by atoms with Crippen molar-refractivity contribution in [1.82, 2.24) is 10.6 Å². The molecular formula is C7H8N2O4. The van der Waals surface area contributed by atoms with Gasteiger partial charge in [-0.25, -0.2) is 9.59 Å². The van der Waals surface area contributed by atoms with Crippen LogP contribution in [0.15, 0.2) is 11.8 Å². The van der Waals surface area contributed by atoms with Gasteiger partial charge in [-0.1, -0.05) is 0 Å². The molecule has 6 nitrogen and oxygen atoms in total. The Morgan fingerprint density at radius 3 is 2.62 bits per heavy atom. The van der Waals surface area contributed by atoms with Crippen molar-refractivity contribution in [2.75, 3.05) is 6.61 Å². The summed E-state index contributed by atoms with van der Waals surface area (Å²) < 4.78 is 4.54. The zero-order valence-corrected chi connectivity index (χ0v) is 6.92. The Balaban J connectivity index is 2.66. The molecule has 0 spiro atoms. The molecule has 1 aliphatic rings. The van der Waals surface area contributed by atoms with E-state index in [0.717, 1.165) is 6.08 Å². The molecule has 2 N–H and O–H groups in total. The van der Waals surface area contributed by atoms with Gasteiger partial charge in [-0.2, -0.15) is 0 Å². The molecule has 70 valence electrons. The van der Waals surface area contributed by atoms with Gasteiger partial charge in [-0.3, -0.25) is 10.1 Å². The molecule has 1 heterocycles. The van der Waals surface area contributed by atoms with Gasteiger partial charge < -0.3 is 10.1 Å². The van der Waals surface area contributed by atoms with E-state index in [1.54, 1.807) is 6.92 Å². The molecule has 3 amide bonds. The molecule has 0 aromatic heterocycles. The highest BCUT2D eigenvalue weighted by Crippen LogP contribution is 1.97. The summed E-state index contributed by atoms with van der Waals surface area (Å²) in [5.41, 5.74) is -0.0940. The zero-order valence-electron chi connectivity index (χ0n) is 6.92. The zero-order chi connectivity index (χ0) is 9.84. The third kappa shape index (κ3) is 2.29. The summed E-state index contributed by atoms with van der Waals surface area (Å²) >= 11 is 0. The van der Waals surface area contributed by atoms with Gasteiger partial charge in [0.25, 0.3) is 5.91 Å². The Morgan fingerprint density at radius 1 is 1.46 bits per heavy atom. The van der Waals surface area contributed by atoms with E-state index in [0.29, 0.717) is 0 Å². The number of carbonyl (C=O) groups excluding carboxylic acids is 3. The van der Waals surface area contributed by atoms with Crippen LogP contribution in [-0.2, 0) is 14.3 Å². The van der Waals surface area contributed by atoms with Crippen molar-refractivity contribution < 1.29 is 19.1 Å². The van der Waals surface area contributed by atoms with Gasteiger partial charge in [0.05, 0.1) is 12.7 Å². The molecule has 13 heavy (non-hydrogen) atoms. The predicted molar refractivity (Wildman–Crippen MR) is 41.4 cm³/mol. The maximum Gasteiger partial charge on any atom is 0.333 e. The number of rotatable bonds is 2. The van der Waals surface area contributed by atoms with Gasteiger partial charge >= 0.3 is 12.0 Å². The number of esters is 1. The molecule has 1 saturated heterocycles. The number of hydrogen-bond donors (Lipinski definition) is 2. The standard InChI is InChI=1S/C7H8N2O4/c1-2-13-5(10)3-4-6(11)9-7(12)8-4/h3H,2H2,1H3,(H2,8,9,11,12)/b4-3-. The van der Waals surface area contributed by atoms with E-state index in [9.17, 15) is 14.4 Å². The van der Waals surface area contributed by atoms with Crippen molar-refractivity contribution in [1.29, 1.82) is 0 Å². The summed E-state index contributed by atoms with van der Waals surface area (Å²) in [6, 6.07) is -0.638. The predicted octanol–water partition coefficient (Wildman–Crippen LogP) is -0.727. The lowest BCUT2D eigenvalue weighted by Gasteiger charge is -1.95. The van der Waals surface area contributed by atoms with Gasteiger partial charge in [0.2, 0.25) is 0 Å². The van der Waals surface area contributed by atoms with Crippen LogP contribution in [0, 0.1) is 0 Å². The average molecular weight is 184 g/mol. The van der Waals surface area contributed by atoms with Gasteiger partial charge in [-0.05, 0) is 6.92 Å². The quantitative estimate of drug-likeness (QED) is 0.336. The molecule has 1 fully saturated rings. The number of nitrogens with one attached hydrogen (secondary N) is 2. The second-order valence-corrected chi connectivity index (χ2v) is 2.22. The lowest BCUT2D eigenvalue weighted by Crippen LogP contribution is -2.22. The first kappa shape index (κ1) is 9.24. The fourth-order valence-corrected chi connectivity index (χ4v) is 0.784. The van der Waals surface area contributed by atoms with Crippen LogP contribution in [-0.4, -0.2) is 24.5 Å². The Bertz CT molecular complexity index is 295. The molecule has 0 bridgehead atoms. The molecule has 1 aliphatic heterocycles. The first-order chi connectivity index (χ1) is 6.13. The number of urea groups is 1. The minimum absolute atomic E-state index is 0.0940. The Morgan fingerprint density at radius 2 is 2.15 bits per heavy atom. The largest absolute Gasteiger partial charge is 0.463 e. The van der Waals surface area contributed by atoms with Crippen LogP contribution in [0.5, 0.6) is 0 Å². The van der Waals surface area contributed by atoms with Crippen molar-refractivity contribution in [3.8, 4) is 0 Å². The summed E-state index contributed by atoms with van der Waals surface area (Å²) in [5.74, 6) is -1.28. The smallest absolute Gasteiger partial charge is 0.333 e. The lowest BCUT2D eigenvalue weighted by atomic mass is 10.4. The number of imide groups is 1. The van der Waals surface area contributed by atoms with Crippen molar-refractivity contribution in [3.63, 3.8) is 0 Å². The van der Waals surface area contributed by atoms with Crippen LogP contribution in [0.3, 0.4) is 0 Å². The minimum Gasteiger partial charge on any atom is -0.463 e. The normalized spacial score (nSPS) is 18.4. The molecule has 0 unspecified atom stereocenters. The first-order valence-electron chi connectivity index (χ1n) is 3.64. The van der Waals surface area contributed by atoms with Gasteiger partial charge in [0.1, 0.15) is 5.70 Å². The van der Waals surface area contributed by atoms with Crippen LogP contribution >= 0.6 is 0 Å². The third-order valence-corrected chi connectivity index (χ3v) is 1.27. The van der Waals surface area contributed by atoms with Crippen LogP contribution < -0.4 is 10.6 Å². The molecule has 0 aromatic rings. The lowest BCUT2D eigenvalue weighted by molar-refractivity contribution is -0.137. The third-order valence-electron chi connectivity index (χ3n) is 1.27. The summed E-state index contributed by atoms with van der Waals surface area (Å²) in [7, 11) is 0. The van der Waals surface area contributed by atoms with Crippen LogP contribution in [0.1, 0.15) is 6.92 Å². The highest BCUT2D eigenvalue weighted by molar-refractivity contribution is 6.13. The van der Waals surface area contributed by atoms with Crippen LogP contribution in [0.2, 0.25) is 0 Å². The van der Waals surface area contributed by atoms with Gasteiger partial charge in [-0.15, -0.1) is 0 Å². The average Bonchev–Trinajstić information content (AvgIpc) is 2.30. The van der Waals surface area contributed by atoms with E-state index in [-0.39, 0.29) is 12.3 Å². The Labute approximate surface area is 73.9 Å². The van der Waals surface area contributed by atoms with E-state index >= 15 is 0 Å². The maximum atomic E-state index is 10.9. The Hall–Kier alpha value is -1.85. The second-order valence-electron chi connectivity index (χ2n) is 2.22. The molecule has 0 aromatic carbocycles. The van der Waals surface area contributed by atoms with Crippen molar-refractivity contribution in [2.45, 2.75) is 6.92 Å². The number of carbonyl (C=O) groups is 3. The molecule has 0 radical (unpaired) electrons. The molecule has 0 aliphatic carbocycles. The highest BCUT2D eigenvalue weighted by Gasteiger charge is 2.23. The van der Waals surface area contributed by atoms with Crippen molar-refractivity contribution >= 4 is 17.9 Å². The number of amides is 3. The molecule has 0 atom stereocenters. The summed E-state index contributed by atoms with van der Waals surface area (Å²) in [6.45, 7) is 1.86. The van der Waals surface area contributed by atoms with Gasteiger partial charge in [0, 0.05) is 0 Å². The van der Waals surface area contributed by atoms with Crippen molar-refractivity contribution in [3.05, 3.63) is 11.8 Å². The topological polar surface area (TPSA) is 84.5 Å². The molecule has 0 saturated carbocycles. The monoisotopic (exact) mass is 184 g/mol. The van der Waals surface area contributed by atoms with Gasteiger partial charge in [0.15, 0.2) is 0 Å². The number of ether oxygens (including phenoxy) is 1. The van der Waals surface area contributed by atoms with E-state index in [4.69, 9.17) is 0 Å². The summed E-state index contributed by atoms with van der Waals surface area (Å²) in [6.07, 6.45) is 0.934. The molecule has 6 heteroatoms.